The molecule has 0 radical (unpaired) electrons. The summed E-state index contributed by atoms with van der Waals surface area (Å²) in [7, 11) is 1.99. The largest absolute Gasteiger partial charge is 0.369 e. The van der Waals surface area contributed by atoms with Gasteiger partial charge in [-0.3, -0.25) is 9.97 Å². The summed E-state index contributed by atoms with van der Waals surface area (Å²) in [5, 5.41) is 3.24. The van der Waals surface area contributed by atoms with Crippen LogP contribution in [0, 0.1) is 0 Å². The summed E-state index contributed by atoms with van der Waals surface area (Å²) in [4.78, 5) is 15.1. The summed E-state index contributed by atoms with van der Waals surface area (Å²) in [5.41, 5.74) is 1.01. The third-order valence-corrected chi connectivity index (χ3v) is 2.69. The third kappa shape index (κ3) is 3.91. The molecule has 5 nitrogen and oxygen atoms in total. The second-order valence-corrected chi connectivity index (χ2v) is 4.37. The van der Waals surface area contributed by atoms with Gasteiger partial charge in [0.25, 0.3) is 0 Å². The van der Waals surface area contributed by atoms with Crippen LogP contribution in [0.5, 0.6) is 0 Å². The van der Waals surface area contributed by atoms with Crippen molar-refractivity contribution in [2.24, 2.45) is 0 Å². The van der Waals surface area contributed by atoms with E-state index in [-0.39, 0.29) is 0 Å². The molecule has 5 heteroatoms. The molecule has 0 aliphatic carbocycles. The van der Waals surface area contributed by atoms with Gasteiger partial charge in [0.05, 0.1) is 24.6 Å². The minimum atomic E-state index is 0.715. The van der Waals surface area contributed by atoms with Gasteiger partial charge >= 0.3 is 0 Å². The van der Waals surface area contributed by atoms with Gasteiger partial charge in [0.1, 0.15) is 11.6 Å². The van der Waals surface area contributed by atoms with Crippen LogP contribution in [0.2, 0.25) is 0 Å². The number of nitrogens with zero attached hydrogens (tertiary/aromatic N) is 4. The molecule has 0 aromatic carbocycles. The van der Waals surface area contributed by atoms with E-state index in [2.05, 4.69) is 27.2 Å². The molecule has 2 aromatic rings. The van der Waals surface area contributed by atoms with Crippen molar-refractivity contribution in [3.8, 4) is 0 Å². The SMILES string of the molecule is CCCNc1cncc(N(C)Cc2ccccn2)n1. The number of hydrogen-bond acceptors (Lipinski definition) is 5. The standard InChI is InChI=1S/C14H19N5/c1-3-7-17-13-9-15-10-14(18-13)19(2)11-12-6-4-5-8-16-12/h4-6,8-10H,3,7,11H2,1-2H3,(H,17,18). The average molecular weight is 257 g/mol. The highest BCUT2D eigenvalue weighted by molar-refractivity contribution is 5.43. The summed E-state index contributed by atoms with van der Waals surface area (Å²) < 4.78 is 0. The number of aromatic nitrogens is 3. The molecular formula is C14H19N5. The van der Waals surface area contributed by atoms with Crippen LogP contribution in [0.3, 0.4) is 0 Å². The number of nitrogens with one attached hydrogen (secondary N) is 1. The van der Waals surface area contributed by atoms with Crippen LogP contribution in [-0.4, -0.2) is 28.5 Å². The normalized spacial score (nSPS) is 10.2. The average Bonchev–Trinajstić information content (AvgIpc) is 2.46. The second kappa shape index (κ2) is 6.68. The first-order chi connectivity index (χ1) is 9.29. The van der Waals surface area contributed by atoms with Crippen molar-refractivity contribution in [3.63, 3.8) is 0 Å². The van der Waals surface area contributed by atoms with Gasteiger partial charge in [-0.05, 0) is 18.6 Å². The number of anilines is 2. The van der Waals surface area contributed by atoms with E-state index >= 15 is 0 Å². The van der Waals surface area contributed by atoms with E-state index in [1.165, 1.54) is 0 Å². The van der Waals surface area contributed by atoms with Crippen LogP contribution < -0.4 is 10.2 Å². The Morgan fingerprint density at radius 3 is 2.89 bits per heavy atom. The first-order valence-corrected chi connectivity index (χ1v) is 6.46. The lowest BCUT2D eigenvalue weighted by molar-refractivity contribution is 0.858. The predicted octanol–water partition coefficient (Wildman–Crippen LogP) is 2.33. The van der Waals surface area contributed by atoms with Crippen molar-refractivity contribution in [2.75, 3.05) is 23.8 Å². The Morgan fingerprint density at radius 2 is 2.16 bits per heavy atom. The Morgan fingerprint density at radius 1 is 1.26 bits per heavy atom. The van der Waals surface area contributed by atoms with Gasteiger partial charge in [-0.25, -0.2) is 4.98 Å². The number of hydrogen-bond donors (Lipinski definition) is 1. The number of rotatable bonds is 6. The van der Waals surface area contributed by atoms with Gasteiger partial charge < -0.3 is 10.2 Å². The molecule has 19 heavy (non-hydrogen) atoms. The van der Waals surface area contributed by atoms with E-state index in [0.29, 0.717) is 6.54 Å². The Labute approximate surface area is 113 Å². The van der Waals surface area contributed by atoms with E-state index in [4.69, 9.17) is 0 Å². The van der Waals surface area contributed by atoms with Crippen LogP contribution in [0.15, 0.2) is 36.8 Å². The first kappa shape index (κ1) is 13.3. The summed E-state index contributed by atoms with van der Waals surface area (Å²) >= 11 is 0. The second-order valence-electron chi connectivity index (χ2n) is 4.37. The maximum atomic E-state index is 4.53. The van der Waals surface area contributed by atoms with Crippen molar-refractivity contribution in [3.05, 3.63) is 42.5 Å². The van der Waals surface area contributed by atoms with Crippen molar-refractivity contribution in [1.29, 1.82) is 0 Å². The van der Waals surface area contributed by atoms with E-state index in [0.717, 1.165) is 30.3 Å². The molecule has 2 heterocycles. The van der Waals surface area contributed by atoms with Gasteiger partial charge in [-0.2, -0.15) is 0 Å². The molecule has 0 bridgehead atoms. The van der Waals surface area contributed by atoms with Crippen molar-refractivity contribution >= 4 is 11.6 Å². The zero-order chi connectivity index (χ0) is 13.5. The molecular weight excluding hydrogens is 238 g/mol. The smallest absolute Gasteiger partial charge is 0.149 e. The molecule has 0 atom stereocenters. The predicted molar refractivity (Wildman–Crippen MR) is 77.2 cm³/mol. The Bertz CT molecular complexity index is 500. The van der Waals surface area contributed by atoms with Crippen molar-refractivity contribution < 1.29 is 0 Å². The fourth-order valence-electron chi connectivity index (χ4n) is 1.69. The molecule has 0 saturated heterocycles. The Hall–Kier alpha value is -2.17. The Balaban J connectivity index is 2.04. The molecule has 0 aliphatic rings. The maximum absolute atomic E-state index is 4.53. The van der Waals surface area contributed by atoms with Gasteiger partial charge in [0.15, 0.2) is 0 Å². The zero-order valence-electron chi connectivity index (χ0n) is 11.4. The zero-order valence-corrected chi connectivity index (χ0v) is 11.4. The van der Waals surface area contributed by atoms with Crippen molar-refractivity contribution in [2.45, 2.75) is 19.9 Å². The van der Waals surface area contributed by atoms with Crippen molar-refractivity contribution in [1.82, 2.24) is 15.0 Å². The summed E-state index contributed by atoms with van der Waals surface area (Å²) in [6.07, 6.45) is 6.37. The molecule has 2 rings (SSSR count). The number of pyridine rings is 1. The summed E-state index contributed by atoms with van der Waals surface area (Å²) in [6.45, 7) is 3.74. The van der Waals surface area contributed by atoms with Gasteiger partial charge in [-0.15, -0.1) is 0 Å². The molecule has 2 aromatic heterocycles. The molecule has 0 spiro atoms. The minimum absolute atomic E-state index is 0.715. The molecule has 0 aliphatic heterocycles. The van der Waals surface area contributed by atoms with Gasteiger partial charge in [-0.1, -0.05) is 13.0 Å². The quantitative estimate of drug-likeness (QED) is 0.860. The molecule has 0 saturated carbocycles. The van der Waals surface area contributed by atoms with Crippen LogP contribution >= 0.6 is 0 Å². The Kier molecular flexibility index (Phi) is 4.66. The summed E-state index contributed by atoms with van der Waals surface area (Å²) in [6, 6.07) is 5.91. The highest BCUT2D eigenvalue weighted by Gasteiger charge is 2.05. The van der Waals surface area contributed by atoms with E-state index in [9.17, 15) is 0 Å². The van der Waals surface area contributed by atoms with Crippen LogP contribution in [0.4, 0.5) is 11.6 Å². The van der Waals surface area contributed by atoms with Gasteiger partial charge in [0.2, 0.25) is 0 Å². The van der Waals surface area contributed by atoms with E-state index in [1.54, 1.807) is 18.6 Å². The van der Waals surface area contributed by atoms with E-state index < -0.39 is 0 Å². The highest BCUT2D eigenvalue weighted by Crippen LogP contribution is 2.13. The lowest BCUT2D eigenvalue weighted by Gasteiger charge is -2.18. The lowest BCUT2D eigenvalue weighted by Crippen LogP contribution is -2.19. The third-order valence-electron chi connectivity index (χ3n) is 2.69. The lowest BCUT2D eigenvalue weighted by atomic mass is 10.3. The highest BCUT2D eigenvalue weighted by atomic mass is 15.2. The molecule has 0 fully saturated rings. The first-order valence-electron chi connectivity index (χ1n) is 6.46. The fourth-order valence-corrected chi connectivity index (χ4v) is 1.69. The van der Waals surface area contributed by atoms with Crippen LogP contribution in [-0.2, 0) is 6.54 Å². The molecule has 0 amide bonds. The van der Waals surface area contributed by atoms with Gasteiger partial charge in [0, 0.05) is 19.8 Å². The fraction of sp³-hybridized carbons (Fsp3) is 0.357. The topological polar surface area (TPSA) is 53.9 Å². The monoisotopic (exact) mass is 257 g/mol. The van der Waals surface area contributed by atoms with Crippen LogP contribution in [0.25, 0.3) is 0 Å². The molecule has 1 N–H and O–H groups in total. The molecule has 0 unspecified atom stereocenters. The van der Waals surface area contributed by atoms with Crippen LogP contribution in [0.1, 0.15) is 19.0 Å². The minimum Gasteiger partial charge on any atom is -0.369 e. The van der Waals surface area contributed by atoms with E-state index in [1.807, 2.05) is 30.1 Å². The molecule has 100 valence electrons. The summed E-state index contributed by atoms with van der Waals surface area (Å²) in [5.74, 6) is 1.65. The maximum Gasteiger partial charge on any atom is 0.149 e.